The summed E-state index contributed by atoms with van der Waals surface area (Å²) in [5.74, 6) is -1.15. The lowest BCUT2D eigenvalue weighted by Crippen LogP contribution is -2.38. The molecule has 1 N–H and O–H groups in total. The maximum absolute atomic E-state index is 11.8. The van der Waals surface area contributed by atoms with E-state index >= 15 is 0 Å². The molecule has 2 aromatic carbocycles. The van der Waals surface area contributed by atoms with Crippen molar-refractivity contribution in [3.8, 4) is 12.5 Å². The quantitative estimate of drug-likeness (QED) is 0.851. The maximum atomic E-state index is 11.8. The second-order valence-electron chi connectivity index (χ2n) is 3.94. The first-order valence-electron chi connectivity index (χ1n) is 5.70. The van der Waals surface area contributed by atoms with E-state index in [1.165, 1.54) is 0 Å². The lowest BCUT2D eigenvalue weighted by Gasteiger charge is -2.28. The molecule has 0 aromatic heterocycles. The highest BCUT2D eigenvalue weighted by Crippen LogP contribution is 2.33. The van der Waals surface area contributed by atoms with Gasteiger partial charge in [0, 0.05) is 11.1 Å². The highest BCUT2D eigenvalue weighted by atomic mass is 16.5. The monoisotopic (exact) mass is 252 g/mol. The van der Waals surface area contributed by atoms with Crippen molar-refractivity contribution in [2.75, 3.05) is 0 Å². The summed E-state index contributed by atoms with van der Waals surface area (Å²) < 4.78 is 5.19. The summed E-state index contributed by atoms with van der Waals surface area (Å²) in [6.45, 7) is 0. The predicted octanol–water partition coefficient (Wildman–Crippen LogP) is 2.62. The summed E-state index contributed by atoms with van der Waals surface area (Å²) in [5, 5.41) is 9.64. The van der Waals surface area contributed by atoms with E-state index in [-0.39, 0.29) is 0 Å². The lowest BCUT2D eigenvalue weighted by molar-refractivity contribution is -0.154. The molecule has 0 saturated carbocycles. The van der Waals surface area contributed by atoms with Gasteiger partial charge in [-0.15, -0.1) is 0 Å². The first-order valence-corrected chi connectivity index (χ1v) is 5.70. The third kappa shape index (κ3) is 2.16. The Morgan fingerprint density at radius 2 is 1.42 bits per heavy atom. The average molecular weight is 252 g/mol. The molecule has 0 atom stereocenters. The highest BCUT2D eigenvalue weighted by molar-refractivity contribution is 5.84. The summed E-state index contributed by atoms with van der Waals surface area (Å²) in [7, 11) is 0. The minimum Gasteiger partial charge on any atom is -0.478 e. The molecular formula is C16H12O3. The Morgan fingerprint density at radius 1 is 1.00 bits per heavy atom. The minimum absolute atomic E-state index is 0.478. The molecular weight excluding hydrogens is 240 g/mol. The Morgan fingerprint density at radius 3 is 1.74 bits per heavy atom. The standard InChI is InChI=1S/C16H12O3/c1-2-19-16(15(17)18,13-9-5-3-6-10-13)14-11-7-4-8-12-14/h1,3-12H,(H,17,18). The molecule has 0 spiro atoms. The molecule has 0 aliphatic rings. The smallest absolute Gasteiger partial charge is 0.358 e. The van der Waals surface area contributed by atoms with Crippen molar-refractivity contribution in [2.24, 2.45) is 0 Å². The predicted molar refractivity (Wildman–Crippen MR) is 71.2 cm³/mol. The Bertz CT molecular complexity index is 557. The van der Waals surface area contributed by atoms with Gasteiger partial charge in [-0.3, -0.25) is 0 Å². The fourth-order valence-electron chi connectivity index (χ4n) is 2.01. The molecule has 0 aliphatic heterocycles. The molecule has 2 rings (SSSR count). The van der Waals surface area contributed by atoms with Gasteiger partial charge in [0.15, 0.2) is 0 Å². The van der Waals surface area contributed by atoms with Crippen molar-refractivity contribution in [2.45, 2.75) is 5.60 Å². The first kappa shape index (κ1) is 12.7. The molecule has 19 heavy (non-hydrogen) atoms. The topological polar surface area (TPSA) is 46.5 Å². The molecule has 0 amide bonds. The van der Waals surface area contributed by atoms with E-state index in [2.05, 4.69) is 0 Å². The van der Waals surface area contributed by atoms with Gasteiger partial charge in [-0.05, 0) is 0 Å². The number of rotatable bonds is 4. The minimum atomic E-state index is -1.68. The molecule has 0 radical (unpaired) electrons. The van der Waals surface area contributed by atoms with Crippen LogP contribution in [0.25, 0.3) is 0 Å². The van der Waals surface area contributed by atoms with Gasteiger partial charge in [0.25, 0.3) is 5.60 Å². The van der Waals surface area contributed by atoms with Gasteiger partial charge >= 0.3 is 5.97 Å². The molecule has 0 bridgehead atoms. The Kier molecular flexibility index (Phi) is 3.53. The average Bonchev–Trinajstić information content (AvgIpc) is 2.46. The Balaban J connectivity index is 2.69. The summed E-state index contributed by atoms with van der Waals surface area (Å²) >= 11 is 0. The fourth-order valence-corrected chi connectivity index (χ4v) is 2.01. The number of hydrogen-bond donors (Lipinski definition) is 1. The van der Waals surface area contributed by atoms with E-state index in [4.69, 9.17) is 11.2 Å². The lowest BCUT2D eigenvalue weighted by atomic mass is 9.86. The molecule has 3 nitrogen and oxygen atoms in total. The third-order valence-electron chi connectivity index (χ3n) is 2.87. The first-order chi connectivity index (χ1) is 9.21. The molecule has 0 aliphatic carbocycles. The van der Waals surface area contributed by atoms with Crippen LogP contribution in [0.3, 0.4) is 0 Å². The zero-order chi connectivity index (χ0) is 13.7. The summed E-state index contributed by atoms with van der Waals surface area (Å²) in [5.41, 5.74) is -0.727. The van der Waals surface area contributed by atoms with E-state index in [0.717, 1.165) is 0 Å². The fraction of sp³-hybridized carbons (Fsp3) is 0.0625. The Hall–Kier alpha value is -2.73. The van der Waals surface area contributed by atoms with E-state index in [9.17, 15) is 9.90 Å². The van der Waals surface area contributed by atoms with Crippen LogP contribution in [0, 0.1) is 12.5 Å². The molecule has 0 unspecified atom stereocenters. The Labute approximate surface area is 111 Å². The highest BCUT2D eigenvalue weighted by Gasteiger charge is 2.44. The third-order valence-corrected chi connectivity index (χ3v) is 2.87. The van der Waals surface area contributed by atoms with Gasteiger partial charge in [-0.2, -0.15) is 0 Å². The van der Waals surface area contributed by atoms with Crippen molar-refractivity contribution in [1.82, 2.24) is 0 Å². The van der Waals surface area contributed by atoms with Crippen LogP contribution in [0.1, 0.15) is 11.1 Å². The zero-order valence-electron chi connectivity index (χ0n) is 10.1. The van der Waals surface area contributed by atoms with E-state index in [1.54, 1.807) is 60.7 Å². The van der Waals surface area contributed by atoms with Gasteiger partial charge < -0.3 is 9.84 Å². The van der Waals surface area contributed by atoms with Crippen molar-refractivity contribution >= 4 is 5.97 Å². The number of aliphatic carboxylic acids is 1. The van der Waals surface area contributed by atoms with Gasteiger partial charge in [-0.25, -0.2) is 4.79 Å². The van der Waals surface area contributed by atoms with Crippen LogP contribution in [0.15, 0.2) is 60.7 Å². The number of carboxylic acid groups (broad SMARTS) is 1. The second-order valence-corrected chi connectivity index (χ2v) is 3.94. The summed E-state index contributed by atoms with van der Waals surface area (Å²) in [6.07, 6.45) is 7.20. The van der Waals surface area contributed by atoms with Gasteiger partial charge in [0.05, 0.1) is 0 Å². The van der Waals surface area contributed by atoms with Crippen LogP contribution in [-0.2, 0) is 15.1 Å². The number of hydrogen-bond acceptors (Lipinski definition) is 2. The molecule has 3 heteroatoms. The zero-order valence-corrected chi connectivity index (χ0v) is 10.1. The number of ether oxygens (including phenoxy) is 1. The normalized spacial score (nSPS) is 10.5. The van der Waals surface area contributed by atoms with E-state index < -0.39 is 11.6 Å². The summed E-state index contributed by atoms with van der Waals surface area (Å²) in [4.78, 5) is 11.8. The molecule has 94 valence electrons. The SMILES string of the molecule is C#COC(C(=O)O)(c1ccccc1)c1ccccc1. The van der Waals surface area contributed by atoms with Crippen molar-refractivity contribution in [3.05, 3.63) is 71.8 Å². The van der Waals surface area contributed by atoms with E-state index in [1.807, 2.05) is 6.11 Å². The van der Waals surface area contributed by atoms with Gasteiger partial charge in [0.1, 0.15) is 6.11 Å². The van der Waals surface area contributed by atoms with Gasteiger partial charge in [-0.1, -0.05) is 67.1 Å². The van der Waals surface area contributed by atoms with Crippen LogP contribution < -0.4 is 0 Å². The summed E-state index contributed by atoms with van der Waals surface area (Å²) in [6, 6.07) is 17.3. The van der Waals surface area contributed by atoms with E-state index in [0.29, 0.717) is 11.1 Å². The molecule has 0 heterocycles. The largest absolute Gasteiger partial charge is 0.478 e. The van der Waals surface area contributed by atoms with Crippen LogP contribution in [-0.4, -0.2) is 11.1 Å². The number of carboxylic acids is 1. The number of terminal acetylenes is 1. The van der Waals surface area contributed by atoms with Crippen molar-refractivity contribution < 1.29 is 14.6 Å². The molecule has 0 fully saturated rings. The molecule has 2 aromatic rings. The number of carbonyl (C=O) groups is 1. The maximum Gasteiger partial charge on any atom is 0.358 e. The second kappa shape index (κ2) is 5.28. The van der Waals surface area contributed by atoms with Crippen LogP contribution in [0.4, 0.5) is 0 Å². The van der Waals surface area contributed by atoms with Crippen LogP contribution >= 0.6 is 0 Å². The van der Waals surface area contributed by atoms with Gasteiger partial charge in [0.2, 0.25) is 0 Å². The van der Waals surface area contributed by atoms with Crippen LogP contribution in [0.2, 0.25) is 0 Å². The number of benzene rings is 2. The van der Waals surface area contributed by atoms with Crippen molar-refractivity contribution in [3.63, 3.8) is 0 Å². The van der Waals surface area contributed by atoms with Crippen LogP contribution in [0.5, 0.6) is 0 Å². The van der Waals surface area contributed by atoms with Crippen molar-refractivity contribution in [1.29, 1.82) is 0 Å². The molecule has 0 saturated heterocycles.